The van der Waals surface area contributed by atoms with E-state index in [1.54, 1.807) is 19.1 Å². The number of hydrogen-bond acceptors (Lipinski definition) is 4. The maximum Gasteiger partial charge on any atom is 0.228 e. The molecule has 2 amide bonds. The molecule has 0 aromatic heterocycles. The van der Waals surface area contributed by atoms with Gasteiger partial charge < -0.3 is 19.9 Å². The zero-order valence-electron chi connectivity index (χ0n) is 14.3. The Morgan fingerprint density at radius 1 is 1.21 bits per heavy atom. The Morgan fingerprint density at radius 2 is 1.88 bits per heavy atom. The van der Waals surface area contributed by atoms with Crippen LogP contribution >= 0.6 is 0 Å². The summed E-state index contributed by atoms with van der Waals surface area (Å²) in [6, 6.07) is 7.47. The van der Waals surface area contributed by atoms with Crippen LogP contribution in [0.4, 0.5) is 0 Å². The number of ether oxygens (including phenoxy) is 1. The third-order valence-electron chi connectivity index (χ3n) is 5.06. The molecule has 0 spiro atoms. The van der Waals surface area contributed by atoms with E-state index in [4.69, 9.17) is 4.74 Å². The Morgan fingerprint density at radius 3 is 2.50 bits per heavy atom. The molecule has 3 rings (SSSR count). The van der Waals surface area contributed by atoms with Crippen molar-refractivity contribution in [2.45, 2.75) is 18.9 Å². The van der Waals surface area contributed by atoms with Gasteiger partial charge in [0.25, 0.3) is 0 Å². The predicted molar refractivity (Wildman–Crippen MR) is 90.7 cm³/mol. The molecule has 1 N–H and O–H groups in total. The lowest BCUT2D eigenvalue weighted by atomic mass is 9.83. The van der Waals surface area contributed by atoms with Crippen LogP contribution in [0.15, 0.2) is 24.3 Å². The van der Waals surface area contributed by atoms with Crippen molar-refractivity contribution in [1.82, 2.24) is 15.1 Å². The average Bonchev–Trinajstić information content (AvgIpc) is 2.64. The highest BCUT2D eigenvalue weighted by atomic mass is 16.5. The van der Waals surface area contributed by atoms with Gasteiger partial charge >= 0.3 is 0 Å². The lowest BCUT2D eigenvalue weighted by Crippen LogP contribution is -2.52. The number of amides is 2. The average molecular weight is 331 g/mol. The molecular formula is C18H25N3O3. The second kappa shape index (κ2) is 7.21. The summed E-state index contributed by atoms with van der Waals surface area (Å²) in [5.74, 6) is 0.851. The molecule has 1 aromatic carbocycles. The number of piperidine rings is 1. The molecule has 2 unspecified atom stereocenters. The fraction of sp³-hybridized carbons (Fsp3) is 0.556. The normalized spacial score (nSPS) is 24.8. The Balaban J connectivity index is 1.86. The number of rotatable bonds is 3. The van der Waals surface area contributed by atoms with Crippen molar-refractivity contribution in [2.75, 3.05) is 40.3 Å². The molecular weight excluding hydrogens is 306 g/mol. The molecule has 1 aromatic rings. The van der Waals surface area contributed by atoms with Crippen molar-refractivity contribution >= 4 is 11.8 Å². The third-order valence-corrected chi connectivity index (χ3v) is 5.06. The van der Waals surface area contributed by atoms with Crippen molar-refractivity contribution in [3.05, 3.63) is 29.8 Å². The Bertz CT molecular complexity index is 596. The molecule has 2 fully saturated rings. The van der Waals surface area contributed by atoms with Crippen molar-refractivity contribution in [2.24, 2.45) is 5.92 Å². The lowest BCUT2D eigenvalue weighted by molar-refractivity contribution is -0.147. The van der Waals surface area contributed by atoms with Crippen molar-refractivity contribution < 1.29 is 14.3 Å². The van der Waals surface area contributed by atoms with Gasteiger partial charge in [-0.1, -0.05) is 12.1 Å². The largest absolute Gasteiger partial charge is 0.497 e. The molecule has 130 valence electrons. The van der Waals surface area contributed by atoms with Gasteiger partial charge in [-0.3, -0.25) is 9.59 Å². The van der Waals surface area contributed by atoms with Gasteiger partial charge in [0, 0.05) is 39.6 Å². The zero-order valence-corrected chi connectivity index (χ0v) is 14.3. The maximum absolute atomic E-state index is 13.0. The van der Waals surface area contributed by atoms with Crippen molar-refractivity contribution in [3.8, 4) is 5.75 Å². The van der Waals surface area contributed by atoms with Crippen LogP contribution in [0.2, 0.25) is 0 Å². The monoisotopic (exact) mass is 331 g/mol. The summed E-state index contributed by atoms with van der Waals surface area (Å²) in [6.07, 6.45) is 1.05. The van der Waals surface area contributed by atoms with Gasteiger partial charge in [0.15, 0.2) is 0 Å². The van der Waals surface area contributed by atoms with E-state index in [-0.39, 0.29) is 23.8 Å². The van der Waals surface area contributed by atoms with E-state index in [9.17, 15) is 9.59 Å². The summed E-state index contributed by atoms with van der Waals surface area (Å²) in [4.78, 5) is 28.9. The van der Waals surface area contributed by atoms with Crippen molar-refractivity contribution in [1.29, 1.82) is 0 Å². The van der Waals surface area contributed by atoms with Crippen LogP contribution in [-0.2, 0) is 9.59 Å². The van der Waals surface area contributed by atoms with Crippen molar-refractivity contribution in [3.63, 3.8) is 0 Å². The van der Waals surface area contributed by atoms with Crippen LogP contribution in [0.3, 0.4) is 0 Å². The molecule has 2 aliphatic rings. The minimum Gasteiger partial charge on any atom is -0.497 e. The van der Waals surface area contributed by atoms with E-state index in [2.05, 4.69) is 5.32 Å². The van der Waals surface area contributed by atoms with E-state index in [1.165, 1.54) is 0 Å². The number of benzene rings is 1. The van der Waals surface area contributed by atoms with Gasteiger partial charge in [0.2, 0.25) is 11.8 Å². The molecule has 0 aliphatic carbocycles. The minimum absolute atomic E-state index is 0.0974. The summed E-state index contributed by atoms with van der Waals surface area (Å²) >= 11 is 0. The fourth-order valence-corrected chi connectivity index (χ4v) is 3.67. The van der Waals surface area contributed by atoms with E-state index in [0.29, 0.717) is 12.8 Å². The van der Waals surface area contributed by atoms with Gasteiger partial charge in [-0.15, -0.1) is 0 Å². The highest BCUT2D eigenvalue weighted by molar-refractivity contribution is 5.85. The Labute approximate surface area is 142 Å². The SMILES string of the molecule is COc1ccc(C2C(C(=O)N3CCNCC3)CCC(=O)N2C)cc1. The Hall–Kier alpha value is -2.08. The highest BCUT2D eigenvalue weighted by Gasteiger charge is 2.40. The molecule has 0 radical (unpaired) electrons. The predicted octanol–water partition coefficient (Wildman–Crippen LogP) is 1.04. The molecule has 6 heteroatoms. The molecule has 2 atom stereocenters. The molecule has 2 aliphatic heterocycles. The molecule has 24 heavy (non-hydrogen) atoms. The van der Waals surface area contributed by atoms with Crippen LogP contribution in [-0.4, -0.2) is 62.0 Å². The van der Waals surface area contributed by atoms with Crippen LogP contribution in [0, 0.1) is 5.92 Å². The standard InChI is InChI=1S/C18H25N3O3/c1-20-16(22)8-7-15(18(23)21-11-9-19-10-12-21)17(20)13-3-5-14(24-2)6-4-13/h3-6,15,17,19H,7-12H2,1-2H3. The number of nitrogens with zero attached hydrogens (tertiary/aromatic N) is 2. The topological polar surface area (TPSA) is 61.9 Å². The number of piperazine rings is 1. The molecule has 0 saturated carbocycles. The number of hydrogen-bond donors (Lipinski definition) is 1. The van der Waals surface area contributed by atoms with E-state index in [1.807, 2.05) is 29.2 Å². The first-order valence-electron chi connectivity index (χ1n) is 8.51. The maximum atomic E-state index is 13.0. The van der Waals surface area contributed by atoms with Crippen LogP contribution < -0.4 is 10.1 Å². The van der Waals surface area contributed by atoms with Gasteiger partial charge in [-0.25, -0.2) is 0 Å². The first kappa shape index (κ1) is 16.8. The molecule has 2 heterocycles. The second-order valence-electron chi connectivity index (χ2n) is 6.44. The first-order chi connectivity index (χ1) is 11.6. The number of likely N-dealkylation sites (tertiary alicyclic amines) is 1. The summed E-state index contributed by atoms with van der Waals surface area (Å²) in [7, 11) is 3.43. The Kier molecular flexibility index (Phi) is 5.04. The molecule has 0 bridgehead atoms. The smallest absolute Gasteiger partial charge is 0.228 e. The summed E-state index contributed by atoms with van der Waals surface area (Å²) in [5.41, 5.74) is 0.986. The minimum atomic E-state index is -0.209. The number of carbonyl (C=O) groups excluding carboxylic acids is 2. The summed E-state index contributed by atoms with van der Waals surface area (Å²) in [5, 5.41) is 3.27. The highest BCUT2D eigenvalue weighted by Crippen LogP contribution is 2.37. The fourth-order valence-electron chi connectivity index (χ4n) is 3.67. The third kappa shape index (κ3) is 3.24. The van der Waals surface area contributed by atoms with Gasteiger partial charge in [-0.2, -0.15) is 0 Å². The summed E-state index contributed by atoms with van der Waals surface area (Å²) < 4.78 is 5.21. The van der Waals surface area contributed by atoms with Crippen LogP contribution in [0.5, 0.6) is 5.75 Å². The van der Waals surface area contributed by atoms with E-state index >= 15 is 0 Å². The molecule has 6 nitrogen and oxygen atoms in total. The van der Waals surface area contributed by atoms with E-state index in [0.717, 1.165) is 37.5 Å². The van der Waals surface area contributed by atoms with Crippen LogP contribution in [0.1, 0.15) is 24.4 Å². The number of nitrogens with one attached hydrogen (secondary N) is 1. The van der Waals surface area contributed by atoms with E-state index < -0.39 is 0 Å². The second-order valence-corrected chi connectivity index (χ2v) is 6.44. The van der Waals surface area contributed by atoms with Gasteiger partial charge in [0.1, 0.15) is 5.75 Å². The first-order valence-corrected chi connectivity index (χ1v) is 8.51. The number of carbonyl (C=O) groups is 2. The lowest BCUT2D eigenvalue weighted by Gasteiger charge is -2.41. The summed E-state index contributed by atoms with van der Waals surface area (Å²) in [6.45, 7) is 3.14. The van der Waals surface area contributed by atoms with Gasteiger partial charge in [-0.05, 0) is 24.1 Å². The quantitative estimate of drug-likeness (QED) is 0.899. The zero-order chi connectivity index (χ0) is 17.1. The van der Waals surface area contributed by atoms with Gasteiger partial charge in [0.05, 0.1) is 19.1 Å². The number of methoxy groups -OCH3 is 1. The van der Waals surface area contributed by atoms with Crippen LogP contribution in [0.25, 0.3) is 0 Å². The molecule has 2 saturated heterocycles.